The molecule has 214 valence electrons. The molecule has 0 aliphatic carbocycles. The average Bonchev–Trinajstić information content (AvgIpc) is 2.82. The van der Waals surface area contributed by atoms with E-state index in [-0.39, 0.29) is 24.6 Å². The minimum absolute atomic E-state index is 0.00984. The van der Waals surface area contributed by atoms with E-state index in [1.54, 1.807) is 0 Å². The second-order valence-corrected chi connectivity index (χ2v) is 9.09. The molecule has 36 heavy (non-hydrogen) atoms. The molecule has 2 heterocycles. The van der Waals surface area contributed by atoms with Gasteiger partial charge in [0, 0.05) is 7.11 Å². The fraction of sp³-hybridized carbons (Fsp3) is 1.00. The van der Waals surface area contributed by atoms with Crippen LogP contribution in [0.3, 0.4) is 0 Å². The zero-order chi connectivity index (χ0) is 26.9. The molecule has 0 amide bonds. The highest BCUT2D eigenvalue weighted by molar-refractivity contribution is 7.89. The Kier molecular flexibility index (Phi) is 13.9. The van der Waals surface area contributed by atoms with E-state index in [9.17, 15) is 38.8 Å². The Morgan fingerprint density at radius 2 is 1.53 bits per heavy atom. The minimum Gasteiger partial charge on any atom is -0.726 e. The maximum Gasteiger partial charge on any atom is 0.217 e. The smallest absolute Gasteiger partial charge is 0.217 e. The van der Waals surface area contributed by atoms with Crippen molar-refractivity contribution < 1.29 is 89.0 Å². The molecule has 2 saturated heterocycles. The van der Waals surface area contributed by atoms with E-state index in [0.717, 1.165) is 0 Å². The molecule has 0 saturated carbocycles. The van der Waals surface area contributed by atoms with Gasteiger partial charge in [-0.15, -0.1) is 8.67 Å². The summed E-state index contributed by atoms with van der Waals surface area (Å²) in [4.78, 5) is 0. The van der Waals surface area contributed by atoms with Gasteiger partial charge in [-0.3, -0.25) is 22.6 Å². The standard InChI is InChI=1S/C14H26O19S3/c1-5-10(28-34-32-30-18)9(17)11(7(25-5)4-24-36(20,21)22)27-14-13(29-35-33-31-19)12(23-2)8(16)6(3-15)26-14/h5-19H,3-4H2,1-2H3,(H,20,21,22)/p-3/t5-,6?,7?,8-,9?,10-,11-,12?,13+,14-/m0/s1. The van der Waals surface area contributed by atoms with Gasteiger partial charge < -0.3 is 49.3 Å². The summed E-state index contributed by atoms with van der Waals surface area (Å²) >= 11 is 0.0537. The van der Waals surface area contributed by atoms with E-state index in [2.05, 4.69) is 22.9 Å². The van der Waals surface area contributed by atoms with Crippen molar-refractivity contribution in [2.75, 3.05) is 20.3 Å². The summed E-state index contributed by atoms with van der Waals surface area (Å²) in [6.45, 7) is -0.254. The van der Waals surface area contributed by atoms with Gasteiger partial charge in [0.1, 0.15) is 42.7 Å². The van der Waals surface area contributed by atoms with E-state index < -0.39 is 84.8 Å². The fourth-order valence-electron chi connectivity index (χ4n) is 3.53. The van der Waals surface area contributed by atoms with Crippen LogP contribution in [0.15, 0.2) is 0 Å². The van der Waals surface area contributed by atoms with Gasteiger partial charge in [0.05, 0.1) is 19.3 Å². The van der Waals surface area contributed by atoms with Crippen LogP contribution in [0.25, 0.3) is 0 Å². The fourth-order valence-corrected chi connectivity index (χ4v) is 4.59. The number of rotatable bonds is 15. The van der Waals surface area contributed by atoms with Crippen molar-refractivity contribution in [2.24, 2.45) is 0 Å². The highest BCUT2D eigenvalue weighted by Gasteiger charge is 2.52. The van der Waals surface area contributed by atoms with Crippen LogP contribution in [-0.2, 0) is 60.6 Å². The summed E-state index contributed by atoms with van der Waals surface area (Å²) in [6, 6.07) is 0. The van der Waals surface area contributed by atoms with Crippen molar-refractivity contribution in [1.82, 2.24) is 0 Å². The van der Waals surface area contributed by atoms with Gasteiger partial charge >= 0.3 is 0 Å². The van der Waals surface area contributed by atoms with Crippen molar-refractivity contribution >= 4 is 35.0 Å². The lowest BCUT2D eigenvalue weighted by Gasteiger charge is -2.47. The molecule has 2 aliphatic rings. The highest BCUT2D eigenvalue weighted by Crippen LogP contribution is 2.34. The first kappa shape index (κ1) is 32.2. The predicted octanol–water partition coefficient (Wildman–Crippen LogP) is -4.57. The molecule has 0 bridgehead atoms. The van der Waals surface area contributed by atoms with Crippen molar-refractivity contribution in [3.8, 4) is 0 Å². The van der Waals surface area contributed by atoms with E-state index in [1.165, 1.54) is 14.0 Å². The third kappa shape index (κ3) is 9.02. The maximum absolute atomic E-state index is 11.0. The first-order chi connectivity index (χ1) is 17.1. The Balaban J connectivity index is 2.31. The molecule has 0 aromatic carbocycles. The quantitative estimate of drug-likeness (QED) is 0.0404. The Labute approximate surface area is 212 Å². The van der Waals surface area contributed by atoms with Crippen LogP contribution in [0, 0.1) is 0 Å². The predicted molar refractivity (Wildman–Crippen MR) is 103 cm³/mol. The third-order valence-electron chi connectivity index (χ3n) is 5.04. The molecule has 10 atom stereocenters. The summed E-state index contributed by atoms with van der Waals surface area (Å²) < 4.78 is 77.5. The molecule has 2 fully saturated rings. The van der Waals surface area contributed by atoms with Crippen molar-refractivity contribution in [3.05, 3.63) is 0 Å². The molecule has 22 heteroatoms. The lowest BCUT2D eigenvalue weighted by Crippen LogP contribution is -2.64. The molecule has 2 rings (SSSR count). The number of aliphatic hydroxyl groups is 3. The lowest BCUT2D eigenvalue weighted by molar-refractivity contribution is -0.778. The summed E-state index contributed by atoms with van der Waals surface area (Å²) in [5.74, 6) is 0. The number of aliphatic hydroxyl groups excluding tert-OH is 3. The van der Waals surface area contributed by atoms with Gasteiger partial charge in [-0.25, -0.2) is 8.42 Å². The van der Waals surface area contributed by atoms with Crippen molar-refractivity contribution in [2.45, 2.75) is 68.1 Å². The van der Waals surface area contributed by atoms with E-state index in [0.29, 0.717) is 0 Å². The molecule has 3 N–H and O–H groups in total. The van der Waals surface area contributed by atoms with Gasteiger partial charge in [-0.05, 0) is 6.92 Å². The van der Waals surface area contributed by atoms with Gasteiger partial charge in [0.2, 0.25) is 10.4 Å². The molecular weight excluding hydrogens is 568 g/mol. The molecule has 0 aromatic heterocycles. The van der Waals surface area contributed by atoms with E-state index >= 15 is 0 Å². The number of methoxy groups -OCH3 is 1. The third-order valence-corrected chi connectivity index (χ3v) is 6.29. The Hall–Kier alpha value is -0.0300. The Morgan fingerprint density at radius 1 is 0.917 bits per heavy atom. The highest BCUT2D eigenvalue weighted by atomic mass is 32.3. The normalized spacial score (nSPS) is 37.8. The lowest BCUT2D eigenvalue weighted by atomic mass is 9.95. The molecule has 0 aromatic rings. The summed E-state index contributed by atoms with van der Waals surface area (Å²) in [5, 5.41) is 57.3. The number of hydrogen-bond donors (Lipinski definition) is 3. The van der Waals surface area contributed by atoms with Crippen LogP contribution < -0.4 is 10.5 Å². The monoisotopic (exact) mass is 591 g/mol. The summed E-state index contributed by atoms with van der Waals surface area (Å²) in [6.07, 6.45) is -14.2. The largest absolute Gasteiger partial charge is 0.726 e. The molecule has 0 spiro atoms. The van der Waals surface area contributed by atoms with Crippen LogP contribution >= 0.6 is 24.6 Å². The first-order valence-electron chi connectivity index (χ1n) is 9.71. The first-order valence-corrected chi connectivity index (χ1v) is 12.4. The molecule has 2 aliphatic heterocycles. The summed E-state index contributed by atoms with van der Waals surface area (Å²) in [7, 11) is -4.01. The van der Waals surface area contributed by atoms with Crippen molar-refractivity contribution in [1.29, 1.82) is 0 Å². The van der Waals surface area contributed by atoms with Crippen LogP contribution in [0.2, 0.25) is 0 Å². The van der Waals surface area contributed by atoms with Gasteiger partial charge in [-0.1, -0.05) is 0 Å². The zero-order valence-corrected chi connectivity index (χ0v) is 20.7. The average molecular weight is 592 g/mol. The molecule has 4 unspecified atom stereocenters. The van der Waals surface area contributed by atoms with Gasteiger partial charge in [-0.2, -0.15) is 0 Å². The maximum atomic E-state index is 11.0. The zero-order valence-electron chi connectivity index (χ0n) is 18.3. The van der Waals surface area contributed by atoms with Gasteiger partial charge in [0.15, 0.2) is 37.0 Å². The van der Waals surface area contributed by atoms with Crippen LogP contribution in [0.1, 0.15) is 6.92 Å². The van der Waals surface area contributed by atoms with E-state index in [4.69, 9.17) is 27.3 Å². The van der Waals surface area contributed by atoms with Crippen LogP contribution in [-0.4, -0.2) is 110 Å². The van der Waals surface area contributed by atoms with Crippen LogP contribution in [0.4, 0.5) is 0 Å². The van der Waals surface area contributed by atoms with E-state index in [1.807, 2.05) is 0 Å². The number of hydrogen-bond acceptors (Lipinski definition) is 21. The second kappa shape index (κ2) is 15.5. The molecule has 0 radical (unpaired) electrons. The molecular formula is C14H23O19S3-3. The summed E-state index contributed by atoms with van der Waals surface area (Å²) in [5.41, 5.74) is 0. The van der Waals surface area contributed by atoms with Gasteiger partial charge in [0.25, 0.3) is 0 Å². The van der Waals surface area contributed by atoms with Crippen LogP contribution in [0.5, 0.6) is 0 Å². The SMILES string of the molecule is COC1[C@@H](O)C(CO)O[C@@H](O[C@H]2C(COS(=O)(=O)[O-])O[C@@H](C)[C@H](OSOO[O-])C2O)[C@@H]1OSOO[O-]. The minimum atomic E-state index is -5.18. The number of ether oxygens (including phenoxy) is 4. The molecule has 19 nitrogen and oxygen atoms in total. The Bertz CT molecular complexity index is 730. The topological polar surface area (TPSA) is 266 Å². The van der Waals surface area contributed by atoms with Crippen molar-refractivity contribution in [3.63, 3.8) is 0 Å². The Morgan fingerprint density at radius 3 is 2.06 bits per heavy atom. The second-order valence-electron chi connectivity index (χ2n) is 7.11.